The summed E-state index contributed by atoms with van der Waals surface area (Å²) in [5.74, 6) is -0.994. The Kier molecular flexibility index (Phi) is 20.1. The summed E-state index contributed by atoms with van der Waals surface area (Å²) in [5.41, 5.74) is 0. The normalized spacial score (nSPS) is 13.1. The van der Waals surface area contributed by atoms with E-state index >= 15 is 0 Å². The molecule has 0 aromatic heterocycles. The Hall–Kier alpha value is -1.99. The summed E-state index contributed by atoms with van der Waals surface area (Å²) < 4.78 is 0. The number of thioether (sulfide) groups is 1. The molecule has 0 bridgehead atoms. The third kappa shape index (κ3) is 15.8. The molecule has 0 heterocycles. The van der Waals surface area contributed by atoms with Gasteiger partial charge in [-0.25, -0.2) is 0 Å². The first kappa shape index (κ1) is 34.6. The summed E-state index contributed by atoms with van der Waals surface area (Å²) in [6, 6.07) is -0.624. The van der Waals surface area contributed by atoms with Crippen LogP contribution in [0.2, 0.25) is 0 Å². The first-order valence-corrected chi connectivity index (χ1v) is 11.5. The second kappa shape index (κ2) is 18.6. The largest absolute Gasteiger partial charge is 0.373 e. The summed E-state index contributed by atoms with van der Waals surface area (Å²) in [5, 5.41) is 5.71. The minimum atomic E-state index is -0.624. The molecule has 0 aromatic rings. The van der Waals surface area contributed by atoms with Gasteiger partial charge in [0.15, 0.2) is 5.78 Å². The number of amides is 2. The van der Waals surface area contributed by atoms with Crippen LogP contribution in [-0.2, 0) is 28.8 Å². The first-order chi connectivity index (χ1) is 14.3. The van der Waals surface area contributed by atoms with E-state index in [1.165, 1.54) is 0 Å². The molecule has 0 saturated carbocycles. The maximum Gasteiger partial charge on any atom is 0.373 e. The fourth-order valence-corrected chi connectivity index (χ4v) is 3.90. The van der Waals surface area contributed by atoms with Crippen LogP contribution in [0.5, 0.6) is 0 Å². The molecule has 9 heteroatoms. The summed E-state index contributed by atoms with van der Waals surface area (Å²) in [4.78, 5) is 65.1. The highest BCUT2D eigenvalue weighted by Gasteiger charge is 2.28. The number of rotatable bonds is 13. The van der Waals surface area contributed by atoms with E-state index in [1.807, 2.05) is 48.5 Å². The molecular formula is C23H42N2O6S. The molecule has 32 heavy (non-hydrogen) atoms. The van der Waals surface area contributed by atoms with Gasteiger partial charge in [0.25, 0.3) is 0 Å². The van der Waals surface area contributed by atoms with Crippen molar-refractivity contribution in [1.29, 1.82) is 0 Å². The van der Waals surface area contributed by atoms with Crippen LogP contribution in [0.3, 0.4) is 0 Å². The van der Waals surface area contributed by atoms with Gasteiger partial charge < -0.3 is 10.6 Å². The highest BCUT2D eigenvalue weighted by atomic mass is 32.2. The molecular weight excluding hydrogens is 432 g/mol. The Balaban J connectivity index is -0.00000198. The first-order valence-electron chi connectivity index (χ1n) is 10.6. The van der Waals surface area contributed by atoms with Crippen LogP contribution in [0.15, 0.2) is 0 Å². The standard InChI is InChI=1S/C21H38N2O4S.CO2.CH4/c1-12(2)19(17(24)11-15(7)20(26)13(3)4)23-18(25)9-10-22-21(27)16(8)28-14(5)6;2-1-3;/h12-16,19H,9-11H2,1-8H3,(H,22,27)(H,23,25);;1H4/t15-,16?,19+;;/m1../s1. The zero-order chi connectivity index (χ0) is 24.7. The number of carbonyl (C=O) groups excluding carboxylic acids is 6. The Morgan fingerprint density at radius 3 is 1.81 bits per heavy atom. The SMILES string of the molecule is C.CC(C)SC(C)C(=O)NCCC(=O)N[C@H](C(=O)C[C@@H](C)C(=O)C(C)C)C(C)C.O=C=O. The van der Waals surface area contributed by atoms with Crippen molar-refractivity contribution < 1.29 is 28.8 Å². The summed E-state index contributed by atoms with van der Waals surface area (Å²) in [6.07, 6.45) is 0.489. The van der Waals surface area contributed by atoms with Crippen LogP contribution in [0, 0.1) is 17.8 Å². The monoisotopic (exact) mass is 474 g/mol. The number of ketones is 2. The van der Waals surface area contributed by atoms with Gasteiger partial charge in [-0.3, -0.25) is 19.2 Å². The topological polar surface area (TPSA) is 126 Å². The van der Waals surface area contributed by atoms with Crippen LogP contribution >= 0.6 is 11.8 Å². The van der Waals surface area contributed by atoms with E-state index in [2.05, 4.69) is 10.6 Å². The molecule has 8 nitrogen and oxygen atoms in total. The average Bonchev–Trinajstić information content (AvgIpc) is 2.64. The molecule has 3 atom stereocenters. The van der Waals surface area contributed by atoms with Crippen molar-refractivity contribution in [3.05, 3.63) is 0 Å². The van der Waals surface area contributed by atoms with E-state index in [0.29, 0.717) is 5.25 Å². The van der Waals surface area contributed by atoms with Gasteiger partial charge in [0.05, 0.1) is 11.3 Å². The van der Waals surface area contributed by atoms with Gasteiger partial charge >= 0.3 is 6.15 Å². The zero-order valence-corrected chi connectivity index (χ0v) is 20.8. The molecule has 186 valence electrons. The lowest BCUT2D eigenvalue weighted by atomic mass is 9.88. The summed E-state index contributed by atoms with van der Waals surface area (Å²) in [6.45, 7) is 15.3. The van der Waals surface area contributed by atoms with Crippen molar-refractivity contribution >= 4 is 41.3 Å². The minimum Gasteiger partial charge on any atom is -0.355 e. The number of hydrogen-bond acceptors (Lipinski definition) is 7. The van der Waals surface area contributed by atoms with E-state index in [1.54, 1.807) is 18.7 Å². The van der Waals surface area contributed by atoms with Crippen molar-refractivity contribution in [2.24, 2.45) is 17.8 Å². The van der Waals surface area contributed by atoms with Gasteiger partial charge in [-0.1, -0.05) is 55.9 Å². The van der Waals surface area contributed by atoms with Crippen molar-refractivity contribution in [3.8, 4) is 0 Å². The molecule has 0 saturated heterocycles. The van der Waals surface area contributed by atoms with Gasteiger partial charge in [0, 0.05) is 31.2 Å². The van der Waals surface area contributed by atoms with Gasteiger partial charge in [0.2, 0.25) is 11.8 Å². The smallest absolute Gasteiger partial charge is 0.355 e. The number of hydrogen-bond donors (Lipinski definition) is 2. The van der Waals surface area contributed by atoms with E-state index in [0.717, 1.165) is 0 Å². The third-order valence-electron chi connectivity index (χ3n) is 4.39. The van der Waals surface area contributed by atoms with Gasteiger partial charge in [-0.2, -0.15) is 9.59 Å². The molecule has 2 amide bonds. The predicted molar refractivity (Wildman–Crippen MR) is 127 cm³/mol. The molecule has 0 fully saturated rings. The van der Waals surface area contributed by atoms with Crippen molar-refractivity contribution in [2.75, 3.05) is 6.54 Å². The number of nitrogens with one attached hydrogen (secondary N) is 2. The van der Waals surface area contributed by atoms with E-state index in [4.69, 9.17) is 9.59 Å². The fraction of sp³-hybridized carbons (Fsp3) is 0.783. The average molecular weight is 475 g/mol. The maximum absolute atomic E-state index is 12.6. The lowest BCUT2D eigenvalue weighted by molar-refractivity contribution is -0.191. The van der Waals surface area contributed by atoms with Crippen LogP contribution < -0.4 is 10.6 Å². The van der Waals surface area contributed by atoms with Gasteiger partial charge in [0.1, 0.15) is 5.78 Å². The van der Waals surface area contributed by atoms with E-state index in [-0.39, 0.29) is 79.3 Å². The highest BCUT2D eigenvalue weighted by molar-refractivity contribution is 8.01. The molecule has 0 rings (SSSR count). The van der Waals surface area contributed by atoms with Gasteiger partial charge in [-0.05, 0) is 18.1 Å². The van der Waals surface area contributed by atoms with Crippen LogP contribution in [0.1, 0.15) is 75.7 Å². The highest BCUT2D eigenvalue weighted by Crippen LogP contribution is 2.17. The maximum atomic E-state index is 12.6. The lowest BCUT2D eigenvalue weighted by Gasteiger charge is -2.23. The van der Waals surface area contributed by atoms with Gasteiger partial charge in [-0.15, -0.1) is 11.8 Å². The predicted octanol–water partition coefficient (Wildman–Crippen LogP) is 3.04. The lowest BCUT2D eigenvalue weighted by Crippen LogP contribution is -2.46. The Bertz CT molecular complexity index is 628. The number of Topliss-reactive ketones (excluding diaryl/α,β-unsaturated/α-hetero) is 2. The molecule has 1 unspecified atom stereocenters. The molecule has 0 aromatic carbocycles. The van der Waals surface area contributed by atoms with E-state index in [9.17, 15) is 19.2 Å². The Morgan fingerprint density at radius 1 is 0.906 bits per heavy atom. The van der Waals surface area contributed by atoms with Crippen LogP contribution in [0.4, 0.5) is 0 Å². The van der Waals surface area contributed by atoms with E-state index < -0.39 is 6.04 Å². The van der Waals surface area contributed by atoms with Crippen LogP contribution in [-0.4, -0.2) is 52.6 Å². The second-order valence-corrected chi connectivity index (χ2v) is 10.3. The molecule has 0 aliphatic carbocycles. The molecule has 0 aliphatic heterocycles. The molecule has 0 radical (unpaired) electrons. The minimum absolute atomic E-state index is 0. The molecule has 0 aliphatic rings. The summed E-state index contributed by atoms with van der Waals surface area (Å²) in [7, 11) is 0. The Morgan fingerprint density at radius 2 is 1.41 bits per heavy atom. The zero-order valence-electron chi connectivity index (χ0n) is 19.9. The van der Waals surface area contributed by atoms with Crippen LogP contribution in [0.25, 0.3) is 0 Å². The molecule has 2 N–H and O–H groups in total. The molecule has 0 spiro atoms. The van der Waals surface area contributed by atoms with Crippen molar-refractivity contribution in [1.82, 2.24) is 10.6 Å². The summed E-state index contributed by atoms with van der Waals surface area (Å²) >= 11 is 1.56. The number of carbonyl (C=O) groups is 4. The Labute approximate surface area is 197 Å². The second-order valence-electron chi connectivity index (χ2n) is 8.37. The third-order valence-corrected chi connectivity index (χ3v) is 5.56. The quantitative estimate of drug-likeness (QED) is 0.420. The van der Waals surface area contributed by atoms with Crippen molar-refractivity contribution in [2.45, 2.75) is 92.2 Å². The fourth-order valence-electron chi connectivity index (χ4n) is 2.88. The van der Waals surface area contributed by atoms with Crippen molar-refractivity contribution in [3.63, 3.8) is 0 Å².